The maximum atomic E-state index is 14.6. The van der Waals surface area contributed by atoms with Crippen molar-refractivity contribution in [3.63, 3.8) is 0 Å². The smallest absolute Gasteiger partial charge is 0.369 e. The lowest BCUT2D eigenvalue weighted by Crippen LogP contribution is -2.53. The predicted molar refractivity (Wildman–Crippen MR) is 166 cm³/mol. The summed E-state index contributed by atoms with van der Waals surface area (Å²) >= 11 is 0. The van der Waals surface area contributed by atoms with E-state index in [4.69, 9.17) is 0 Å². The number of hydrogen-bond acceptors (Lipinski definition) is 4. The number of hydrazine groups is 1. The van der Waals surface area contributed by atoms with Crippen LogP contribution in [0.4, 0.5) is 24.5 Å². The number of fused-ring (bicyclic) bond motifs is 1. The highest BCUT2D eigenvalue weighted by molar-refractivity contribution is 6.09. The molecule has 3 aliphatic heterocycles. The zero-order valence-corrected chi connectivity index (χ0v) is 25.1. The summed E-state index contributed by atoms with van der Waals surface area (Å²) in [5.41, 5.74) is 2.25. The number of para-hydroxylation sites is 1. The average Bonchev–Trinajstić information content (AvgIpc) is 3.25. The molecule has 0 aliphatic carbocycles. The van der Waals surface area contributed by atoms with Gasteiger partial charge in [0.25, 0.3) is 5.91 Å². The first kappa shape index (κ1) is 32.1. The van der Waals surface area contributed by atoms with Gasteiger partial charge in [0.1, 0.15) is 5.41 Å². The van der Waals surface area contributed by atoms with Gasteiger partial charge in [0.2, 0.25) is 0 Å². The SMILES string of the molecule is Cl.Cl.O=C1N(N2CCCCC2)c2ccccc2C1(CCN1CCN(c2cccc(C(F)(F)F)c2)CC1)c1ccccc1. The number of hydrogen-bond donors (Lipinski definition) is 0. The maximum Gasteiger partial charge on any atom is 0.416 e. The Kier molecular flexibility index (Phi) is 10.1. The third-order valence-electron chi connectivity index (χ3n) is 8.75. The molecule has 1 amide bonds. The second kappa shape index (κ2) is 13.2. The number of carbonyl (C=O) groups excluding carboxylic acids is 1. The van der Waals surface area contributed by atoms with Crippen LogP contribution in [0, 0.1) is 0 Å². The lowest BCUT2D eigenvalue weighted by atomic mass is 9.72. The first-order valence-electron chi connectivity index (χ1n) is 14.3. The second-order valence-electron chi connectivity index (χ2n) is 11.0. The van der Waals surface area contributed by atoms with Crippen LogP contribution in [-0.2, 0) is 16.4 Å². The Balaban J connectivity index is 0.00000202. The summed E-state index contributed by atoms with van der Waals surface area (Å²) < 4.78 is 39.7. The summed E-state index contributed by atoms with van der Waals surface area (Å²) in [5, 5.41) is 4.18. The van der Waals surface area contributed by atoms with E-state index in [1.807, 2.05) is 40.2 Å². The van der Waals surface area contributed by atoms with Crippen LogP contribution >= 0.6 is 24.8 Å². The van der Waals surface area contributed by atoms with E-state index in [1.54, 1.807) is 6.07 Å². The van der Waals surface area contributed by atoms with Gasteiger partial charge in [0, 0.05) is 45.0 Å². The fourth-order valence-corrected chi connectivity index (χ4v) is 6.60. The number of anilines is 2. The van der Waals surface area contributed by atoms with E-state index in [0.717, 1.165) is 68.4 Å². The van der Waals surface area contributed by atoms with Crippen molar-refractivity contribution in [1.29, 1.82) is 0 Å². The molecular weight excluding hydrogens is 584 g/mol. The van der Waals surface area contributed by atoms with Gasteiger partial charge in [-0.05, 0) is 61.2 Å². The maximum absolute atomic E-state index is 14.6. The van der Waals surface area contributed by atoms with Gasteiger partial charge in [-0.15, -0.1) is 24.8 Å². The number of alkyl halides is 3. The summed E-state index contributed by atoms with van der Waals surface area (Å²) in [5.74, 6) is 0.115. The molecule has 0 spiro atoms. The molecule has 1 atom stereocenters. The highest BCUT2D eigenvalue weighted by Crippen LogP contribution is 2.49. The Hall–Kier alpha value is -2.78. The average molecular weight is 622 g/mol. The molecular formula is C32H37Cl2F3N4O. The first-order valence-corrected chi connectivity index (χ1v) is 14.3. The Morgan fingerprint density at radius 1 is 0.738 bits per heavy atom. The van der Waals surface area contributed by atoms with E-state index < -0.39 is 17.2 Å². The lowest BCUT2D eigenvalue weighted by Gasteiger charge is -2.39. The fraction of sp³-hybridized carbons (Fsp3) is 0.406. The number of carbonyl (C=O) groups is 1. The predicted octanol–water partition coefficient (Wildman–Crippen LogP) is 6.79. The van der Waals surface area contributed by atoms with E-state index >= 15 is 0 Å². The van der Waals surface area contributed by atoms with Crippen molar-refractivity contribution >= 4 is 42.1 Å². The van der Waals surface area contributed by atoms with Crippen LogP contribution in [0.1, 0.15) is 42.4 Å². The minimum Gasteiger partial charge on any atom is -0.369 e. The highest BCUT2D eigenvalue weighted by atomic mass is 35.5. The molecule has 2 saturated heterocycles. The molecule has 0 saturated carbocycles. The minimum absolute atomic E-state index is 0. The van der Waals surface area contributed by atoms with Crippen molar-refractivity contribution in [3.05, 3.63) is 95.6 Å². The first-order chi connectivity index (χ1) is 19.4. The summed E-state index contributed by atoms with van der Waals surface area (Å²) in [7, 11) is 0. The highest BCUT2D eigenvalue weighted by Gasteiger charge is 2.53. The van der Waals surface area contributed by atoms with E-state index in [0.29, 0.717) is 25.2 Å². The Morgan fingerprint density at radius 3 is 2.10 bits per heavy atom. The molecule has 0 N–H and O–H groups in total. The van der Waals surface area contributed by atoms with Crippen LogP contribution in [0.15, 0.2) is 78.9 Å². The van der Waals surface area contributed by atoms with Crippen LogP contribution in [0.5, 0.6) is 0 Å². The number of rotatable bonds is 6. The number of halogens is 5. The molecule has 226 valence electrons. The van der Waals surface area contributed by atoms with Crippen LogP contribution in [-0.4, -0.2) is 61.6 Å². The topological polar surface area (TPSA) is 30.0 Å². The number of benzene rings is 3. The molecule has 3 aromatic rings. The Bertz CT molecular complexity index is 1340. The summed E-state index contributed by atoms with van der Waals surface area (Å²) in [6.45, 7) is 5.22. The van der Waals surface area contributed by atoms with Gasteiger partial charge in [0.15, 0.2) is 0 Å². The van der Waals surface area contributed by atoms with Gasteiger partial charge in [0.05, 0.1) is 11.3 Å². The molecule has 3 aliphatic rings. The second-order valence-corrected chi connectivity index (χ2v) is 11.0. The quantitative estimate of drug-likeness (QED) is 0.303. The number of piperazine rings is 1. The van der Waals surface area contributed by atoms with Crippen LogP contribution in [0.3, 0.4) is 0 Å². The summed E-state index contributed by atoms with van der Waals surface area (Å²) in [4.78, 5) is 18.9. The zero-order valence-electron chi connectivity index (χ0n) is 23.4. The number of amides is 1. The molecule has 2 fully saturated rings. The normalized spacial score (nSPS) is 21.5. The van der Waals surface area contributed by atoms with E-state index in [9.17, 15) is 18.0 Å². The molecule has 3 heterocycles. The molecule has 42 heavy (non-hydrogen) atoms. The number of piperidine rings is 1. The summed E-state index contributed by atoms with van der Waals surface area (Å²) in [6, 6.07) is 23.9. The van der Waals surface area contributed by atoms with Gasteiger partial charge < -0.3 is 4.90 Å². The van der Waals surface area contributed by atoms with Crippen molar-refractivity contribution in [2.45, 2.75) is 37.3 Å². The van der Waals surface area contributed by atoms with Gasteiger partial charge in [-0.25, -0.2) is 10.0 Å². The minimum atomic E-state index is -4.35. The van der Waals surface area contributed by atoms with E-state index in [1.165, 1.54) is 18.6 Å². The van der Waals surface area contributed by atoms with E-state index in [-0.39, 0.29) is 30.7 Å². The van der Waals surface area contributed by atoms with Gasteiger partial charge in [-0.2, -0.15) is 13.2 Å². The molecule has 5 nitrogen and oxygen atoms in total. The van der Waals surface area contributed by atoms with Crippen LogP contribution in [0.25, 0.3) is 0 Å². The Morgan fingerprint density at radius 2 is 1.40 bits per heavy atom. The van der Waals surface area contributed by atoms with Gasteiger partial charge in [-0.3, -0.25) is 9.69 Å². The van der Waals surface area contributed by atoms with Crippen molar-refractivity contribution in [2.75, 3.05) is 55.7 Å². The van der Waals surface area contributed by atoms with Gasteiger partial charge >= 0.3 is 6.18 Å². The Labute approximate surface area is 258 Å². The fourth-order valence-electron chi connectivity index (χ4n) is 6.60. The largest absolute Gasteiger partial charge is 0.416 e. The van der Waals surface area contributed by atoms with Crippen molar-refractivity contribution in [3.8, 4) is 0 Å². The van der Waals surface area contributed by atoms with Crippen LogP contribution < -0.4 is 9.91 Å². The molecule has 3 aromatic carbocycles. The number of nitrogens with zero attached hydrogens (tertiary/aromatic N) is 4. The molecule has 6 rings (SSSR count). The van der Waals surface area contributed by atoms with E-state index in [2.05, 4.69) is 34.2 Å². The summed E-state index contributed by atoms with van der Waals surface area (Å²) in [6.07, 6.45) is -0.353. The molecule has 1 unspecified atom stereocenters. The third-order valence-corrected chi connectivity index (χ3v) is 8.75. The standard InChI is InChI=1S/C32H35F3N4O.2ClH/c33-32(34,35)26-12-9-13-27(24-26)37-22-20-36(21-23-37)19-16-31(25-10-3-1-4-11-25)28-14-5-6-15-29(28)39(30(31)40)38-17-7-2-8-18-38;;/h1,3-6,9-15,24H,2,7-8,16-23H2;2*1H. The van der Waals surface area contributed by atoms with Gasteiger partial charge in [-0.1, -0.05) is 61.0 Å². The van der Waals surface area contributed by atoms with Crippen molar-refractivity contribution in [2.24, 2.45) is 0 Å². The lowest BCUT2D eigenvalue weighted by molar-refractivity contribution is -0.137. The third kappa shape index (κ3) is 6.00. The molecule has 0 radical (unpaired) electrons. The zero-order chi connectivity index (χ0) is 27.7. The van der Waals surface area contributed by atoms with Crippen LogP contribution in [0.2, 0.25) is 0 Å². The molecule has 0 aromatic heterocycles. The van der Waals surface area contributed by atoms with Crippen molar-refractivity contribution in [1.82, 2.24) is 9.91 Å². The van der Waals surface area contributed by atoms with Crippen molar-refractivity contribution < 1.29 is 18.0 Å². The molecule has 10 heteroatoms. The monoisotopic (exact) mass is 620 g/mol. The molecule has 0 bridgehead atoms.